The predicted octanol–water partition coefficient (Wildman–Crippen LogP) is 2.47. The third-order valence-corrected chi connectivity index (χ3v) is 4.33. The SMILES string of the molecule is CC(C)[C@H]1OCC[C@@H]1CNC(C(=O)N(C)C)c1ccccc1. The summed E-state index contributed by atoms with van der Waals surface area (Å²) in [7, 11) is 3.60. The van der Waals surface area contributed by atoms with Crippen LogP contribution in [0.5, 0.6) is 0 Å². The second-order valence-electron chi connectivity index (χ2n) is 6.61. The van der Waals surface area contributed by atoms with E-state index in [9.17, 15) is 4.79 Å². The second-order valence-corrected chi connectivity index (χ2v) is 6.61. The maximum Gasteiger partial charge on any atom is 0.243 e. The van der Waals surface area contributed by atoms with Crippen molar-refractivity contribution < 1.29 is 9.53 Å². The van der Waals surface area contributed by atoms with Crippen molar-refractivity contribution in [3.05, 3.63) is 35.9 Å². The molecule has 1 fully saturated rings. The first-order valence-electron chi connectivity index (χ1n) is 8.11. The van der Waals surface area contributed by atoms with Gasteiger partial charge in [0.05, 0.1) is 6.10 Å². The summed E-state index contributed by atoms with van der Waals surface area (Å²) in [6.45, 7) is 6.03. The Bertz CT molecular complexity index is 473. The molecule has 1 aromatic carbocycles. The number of rotatable bonds is 6. The Hall–Kier alpha value is -1.39. The summed E-state index contributed by atoms with van der Waals surface area (Å²) in [4.78, 5) is 14.1. The van der Waals surface area contributed by atoms with E-state index in [2.05, 4.69) is 19.2 Å². The zero-order valence-corrected chi connectivity index (χ0v) is 14.1. The molecule has 1 aliphatic rings. The van der Waals surface area contributed by atoms with E-state index >= 15 is 0 Å². The fraction of sp³-hybridized carbons (Fsp3) is 0.611. The minimum atomic E-state index is -0.287. The highest BCUT2D eigenvalue weighted by Crippen LogP contribution is 2.27. The molecule has 3 atom stereocenters. The van der Waals surface area contributed by atoms with Crippen molar-refractivity contribution in [2.75, 3.05) is 27.2 Å². The highest BCUT2D eigenvalue weighted by atomic mass is 16.5. The summed E-state index contributed by atoms with van der Waals surface area (Å²) in [5, 5.41) is 3.47. The second kappa shape index (κ2) is 7.75. The molecule has 4 nitrogen and oxygen atoms in total. The lowest BCUT2D eigenvalue weighted by molar-refractivity contribution is -0.131. The van der Waals surface area contributed by atoms with E-state index in [1.54, 1.807) is 19.0 Å². The Morgan fingerprint density at radius 3 is 2.59 bits per heavy atom. The predicted molar refractivity (Wildman–Crippen MR) is 88.6 cm³/mol. The largest absolute Gasteiger partial charge is 0.378 e. The van der Waals surface area contributed by atoms with E-state index in [0.717, 1.165) is 25.1 Å². The van der Waals surface area contributed by atoms with E-state index in [1.165, 1.54) is 0 Å². The van der Waals surface area contributed by atoms with Crippen LogP contribution in [0.4, 0.5) is 0 Å². The number of carbonyl (C=O) groups is 1. The van der Waals surface area contributed by atoms with Gasteiger partial charge in [-0.3, -0.25) is 4.79 Å². The third-order valence-electron chi connectivity index (χ3n) is 4.33. The summed E-state index contributed by atoms with van der Waals surface area (Å²) >= 11 is 0. The molecule has 4 heteroatoms. The number of nitrogens with one attached hydrogen (secondary N) is 1. The number of carbonyl (C=O) groups excluding carboxylic acids is 1. The van der Waals surface area contributed by atoms with Crippen molar-refractivity contribution in [2.45, 2.75) is 32.4 Å². The van der Waals surface area contributed by atoms with Crippen LogP contribution in [0.15, 0.2) is 30.3 Å². The number of hydrogen-bond donors (Lipinski definition) is 1. The number of benzene rings is 1. The third kappa shape index (κ3) is 4.08. The van der Waals surface area contributed by atoms with Gasteiger partial charge in [0, 0.05) is 33.2 Å². The zero-order valence-electron chi connectivity index (χ0n) is 14.1. The minimum absolute atomic E-state index is 0.0891. The number of hydrogen-bond acceptors (Lipinski definition) is 3. The number of amides is 1. The number of ether oxygens (including phenoxy) is 1. The quantitative estimate of drug-likeness (QED) is 0.878. The van der Waals surface area contributed by atoms with Gasteiger partial charge >= 0.3 is 0 Å². The Labute approximate surface area is 133 Å². The van der Waals surface area contributed by atoms with Gasteiger partial charge in [0.1, 0.15) is 6.04 Å². The van der Waals surface area contributed by atoms with Gasteiger partial charge in [-0.15, -0.1) is 0 Å². The Morgan fingerprint density at radius 1 is 1.32 bits per heavy atom. The topological polar surface area (TPSA) is 41.6 Å². The van der Waals surface area contributed by atoms with E-state index in [0.29, 0.717) is 17.9 Å². The summed E-state index contributed by atoms with van der Waals surface area (Å²) in [6.07, 6.45) is 1.35. The van der Waals surface area contributed by atoms with Crippen LogP contribution in [-0.2, 0) is 9.53 Å². The van der Waals surface area contributed by atoms with Gasteiger partial charge < -0.3 is 15.0 Å². The summed E-state index contributed by atoms with van der Waals surface area (Å²) in [6, 6.07) is 9.64. The first-order chi connectivity index (χ1) is 10.5. The van der Waals surface area contributed by atoms with Crippen molar-refractivity contribution in [1.29, 1.82) is 0 Å². The van der Waals surface area contributed by atoms with Crippen molar-refractivity contribution in [2.24, 2.45) is 11.8 Å². The smallest absolute Gasteiger partial charge is 0.243 e. The first-order valence-corrected chi connectivity index (χ1v) is 8.11. The van der Waals surface area contributed by atoms with Crippen LogP contribution in [0.1, 0.15) is 31.9 Å². The lowest BCUT2D eigenvalue weighted by atomic mass is 9.92. The van der Waals surface area contributed by atoms with E-state index in [-0.39, 0.29) is 11.9 Å². The van der Waals surface area contributed by atoms with Crippen LogP contribution >= 0.6 is 0 Å². The van der Waals surface area contributed by atoms with Gasteiger partial charge in [-0.25, -0.2) is 0 Å². The van der Waals surface area contributed by atoms with Gasteiger partial charge in [-0.05, 0) is 17.9 Å². The Kier molecular flexibility index (Phi) is 5.98. The number of likely N-dealkylation sites (N-methyl/N-ethyl adjacent to an activating group) is 1. The maximum absolute atomic E-state index is 12.5. The molecule has 1 saturated heterocycles. The Morgan fingerprint density at radius 2 is 2.00 bits per heavy atom. The first kappa shape index (κ1) is 17.0. The molecule has 1 unspecified atom stereocenters. The molecule has 0 radical (unpaired) electrons. The summed E-state index contributed by atoms with van der Waals surface area (Å²) in [5.74, 6) is 1.07. The van der Waals surface area contributed by atoms with Crippen molar-refractivity contribution in [1.82, 2.24) is 10.2 Å². The summed E-state index contributed by atoms with van der Waals surface area (Å²) in [5.41, 5.74) is 1.02. The molecule has 22 heavy (non-hydrogen) atoms. The normalized spacial score (nSPS) is 22.8. The highest BCUT2D eigenvalue weighted by Gasteiger charge is 2.32. The molecule has 0 spiro atoms. The average molecular weight is 304 g/mol. The van der Waals surface area contributed by atoms with Crippen LogP contribution < -0.4 is 5.32 Å². The Balaban J connectivity index is 2.06. The van der Waals surface area contributed by atoms with Crippen LogP contribution in [0.3, 0.4) is 0 Å². The molecule has 1 aliphatic heterocycles. The fourth-order valence-corrected chi connectivity index (χ4v) is 3.13. The molecule has 0 aliphatic carbocycles. The van der Waals surface area contributed by atoms with Crippen LogP contribution in [0.25, 0.3) is 0 Å². The fourth-order valence-electron chi connectivity index (χ4n) is 3.13. The molecular weight excluding hydrogens is 276 g/mol. The van der Waals surface area contributed by atoms with E-state index < -0.39 is 0 Å². The van der Waals surface area contributed by atoms with Gasteiger partial charge in [-0.1, -0.05) is 44.2 Å². The highest BCUT2D eigenvalue weighted by molar-refractivity contribution is 5.82. The molecule has 2 rings (SSSR count). The van der Waals surface area contributed by atoms with Crippen LogP contribution in [-0.4, -0.2) is 44.2 Å². The van der Waals surface area contributed by atoms with Gasteiger partial charge in [0.25, 0.3) is 0 Å². The van der Waals surface area contributed by atoms with Crippen molar-refractivity contribution in [3.8, 4) is 0 Å². The van der Waals surface area contributed by atoms with Gasteiger partial charge in [-0.2, -0.15) is 0 Å². The molecular formula is C18H28N2O2. The van der Waals surface area contributed by atoms with E-state index in [1.807, 2.05) is 30.3 Å². The average Bonchev–Trinajstić information content (AvgIpc) is 2.97. The van der Waals surface area contributed by atoms with Crippen LogP contribution in [0.2, 0.25) is 0 Å². The van der Waals surface area contributed by atoms with Crippen molar-refractivity contribution in [3.63, 3.8) is 0 Å². The molecule has 0 aromatic heterocycles. The lowest BCUT2D eigenvalue weighted by Gasteiger charge is -2.26. The van der Waals surface area contributed by atoms with Crippen molar-refractivity contribution >= 4 is 5.91 Å². The minimum Gasteiger partial charge on any atom is -0.378 e. The summed E-state index contributed by atoms with van der Waals surface area (Å²) < 4.78 is 5.84. The maximum atomic E-state index is 12.5. The van der Waals surface area contributed by atoms with Gasteiger partial charge in [0.15, 0.2) is 0 Å². The van der Waals surface area contributed by atoms with Crippen LogP contribution in [0, 0.1) is 11.8 Å². The molecule has 1 heterocycles. The molecule has 0 bridgehead atoms. The molecule has 1 aromatic rings. The monoisotopic (exact) mass is 304 g/mol. The molecule has 1 amide bonds. The lowest BCUT2D eigenvalue weighted by Crippen LogP contribution is -2.40. The zero-order chi connectivity index (χ0) is 16.1. The molecule has 122 valence electrons. The molecule has 0 saturated carbocycles. The molecule has 1 N–H and O–H groups in total. The standard InChI is InChI=1S/C18H28N2O2/c1-13(2)17-15(10-11-22-17)12-19-16(18(21)20(3)4)14-8-6-5-7-9-14/h5-9,13,15-17,19H,10-12H2,1-4H3/t15-,16?,17-/m1/s1. The van der Waals surface area contributed by atoms with E-state index in [4.69, 9.17) is 4.74 Å². The number of nitrogens with zero attached hydrogens (tertiary/aromatic N) is 1. The van der Waals surface area contributed by atoms with Gasteiger partial charge in [0.2, 0.25) is 5.91 Å².